The number of nitrogens with zero attached hydrogens (tertiary/aromatic N) is 1. The predicted molar refractivity (Wildman–Crippen MR) is 111 cm³/mol. The van der Waals surface area contributed by atoms with Crippen LogP contribution < -0.4 is 20.7 Å². The molecule has 0 unspecified atom stereocenters. The Morgan fingerprint density at radius 1 is 1.13 bits per heavy atom. The number of carbonyl (C=O) groups is 2. The van der Waals surface area contributed by atoms with E-state index in [1.165, 1.54) is 12.1 Å². The molecule has 0 aromatic heterocycles. The van der Waals surface area contributed by atoms with Gasteiger partial charge in [0.1, 0.15) is 18.6 Å². The molecule has 0 radical (unpaired) electrons. The highest BCUT2D eigenvalue weighted by Gasteiger charge is 2.31. The average molecular weight is 436 g/mol. The largest absolute Gasteiger partial charge is 0.490 e. The maximum absolute atomic E-state index is 13.1. The van der Waals surface area contributed by atoms with E-state index in [0.29, 0.717) is 24.1 Å². The highest BCUT2D eigenvalue weighted by molar-refractivity contribution is 6.01. The average Bonchev–Trinajstić information content (AvgIpc) is 2.75. The molecule has 2 aromatic rings. The van der Waals surface area contributed by atoms with Crippen molar-refractivity contribution >= 4 is 23.7 Å². The molecule has 166 valence electrons. The maximum Gasteiger partial charge on any atom is 0.416 e. The molecule has 31 heavy (non-hydrogen) atoms. The molecule has 3 N–H and O–H groups in total. The van der Waals surface area contributed by atoms with Crippen molar-refractivity contribution in [1.29, 1.82) is 0 Å². The van der Waals surface area contributed by atoms with Gasteiger partial charge in [0.15, 0.2) is 0 Å². The van der Waals surface area contributed by atoms with Gasteiger partial charge < -0.3 is 20.7 Å². The number of halogens is 3. The zero-order valence-corrected chi connectivity index (χ0v) is 16.7. The van der Waals surface area contributed by atoms with Gasteiger partial charge in [0.05, 0.1) is 11.3 Å². The lowest BCUT2D eigenvalue weighted by atomic mass is 10.1. The summed E-state index contributed by atoms with van der Waals surface area (Å²) in [6, 6.07) is 8.34. The van der Waals surface area contributed by atoms with Gasteiger partial charge >= 0.3 is 12.2 Å². The molecule has 0 atom stereocenters. The second kappa shape index (κ2) is 10.3. The SMILES string of the molecule is O=Cc1cccc(NC(=O)Nc2cc(C(F)(F)F)ccc2OCCN2CCNCC2)c1. The third kappa shape index (κ3) is 6.69. The Bertz CT molecular complexity index is 915. The number of amides is 2. The highest BCUT2D eigenvalue weighted by atomic mass is 19.4. The van der Waals surface area contributed by atoms with Crippen LogP contribution in [0.2, 0.25) is 0 Å². The molecule has 0 saturated carbocycles. The number of rotatable bonds is 7. The summed E-state index contributed by atoms with van der Waals surface area (Å²) in [4.78, 5) is 25.4. The molecule has 7 nitrogen and oxygen atoms in total. The summed E-state index contributed by atoms with van der Waals surface area (Å²) < 4.78 is 45.1. The van der Waals surface area contributed by atoms with E-state index >= 15 is 0 Å². The summed E-state index contributed by atoms with van der Waals surface area (Å²) in [5, 5.41) is 8.15. The summed E-state index contributed by atoms with van der Waals surface area (Å²) in [6.45, 7) is 4.36. The van der Waals surface area contributed by atoms with Crippen molar-refractivity contribution in [2.45, 2.75) is 6.18 Å². The second-order valence-electron chi connectivity index (χ2n) is 6.97. The first-order chi connectivity index (χ1) is 14.8. The number of hydrogen-bond acceptors (Lipinski definition) is 5. The van der Waals surface area contributed by atoms with Crippen molar-refractivity contribution in [2.24, 2.45) is 0 Å². The van der Waals surface area contributed by atoms with E-state index in [2.05, 4.69) is 20.9 Å². The molecule has 3 rings (SSSR count). The predicted octanol–water partition coefficient (Wildman–Crippen LogP) is 3.45. The van der Waals surface area contributed by atoms with Crippen molar-refractivity contribution in [2.75, 3.05) is 50.0 Å². The summed E-state index contributed by atoms with van der Waals surface area (Å²) in [5.41, 5.74) is -0.316. The molecule has 1 fully saturated rings. The quantitative estimate of drug-likeness (QED) is 0.580. The Kier molecular flexibility index (Phi) is 7.48. The van der Waals surface area contributed by atoms with Gasteiger partial charge in [0.25, 0.3) is 0 Å². The molecule has 1 heterocycles. The third-order valence-electron chi connectivity index (χ3n) is 4.71. The van der Waals surface area contributed by atoms with Crippen LogP contribution in [0, 0.1) is 0 Å². The van der Waals surface area contributed by atoms with E-state index in [9.17, 15) is 22.8 Å². The van der Waals surface area contributed by atoms with Gasteiger partial charge in [0, 0.05) is 44.0 Å². The minimum Gasteiger partial charge on any atom is -0.490 e. The number of benzene rings is 2. The Hall–Kier alpha value is -3.11. The smallest absolute Gasteiger partial charge is 0.416 e. The molecule has 2 aromatic carbocycles. The van der Waals surface area contributed by atoms with Gasteiger partial charge in [-0.05, 0) is 30.3 Å². The van der Waals surface area contributed by atoms with E-state index in [0.717, 1.165) is 38.3 Å². The Balaban J connectivity index is 1.70. The molecule has 0 aliphatic carbocycles. The minimum absolute atomic E-state index is 0.0980. The van der Waals surface area contributed by atoms with Crippen LogP contribution in [-0.4, -0.2) is 56.5 Å². The molecule has 0 bridgehead atoms. The maximum atomic E-state index is 13.1. The molecule has 1 aliphatic heterocycles. The van der Waals surface area contributed by atoms with Crippen LogP contribution in [0.5, 0.6) is 5.75 Å². The molecule has 10 heteroatoms. The monoisotopic (exact) mass is 436 g/mol. The normalized spacial score (nSPS) is 14.7. The Morgan fingerprint density at radius 2 is 1.90 bits per heavy atom. The first-order valence-electron chi connectivity index (χ1n) is 9.75. The number of aldehydes is 1. The van der Waals surface area contributed by atoms with Crippen LogP contribution in [0.3, 0.4) is 0 Å². The fraction of sp³-hybridized carbons (Fsp3) is 0.333. The molecule has 0 spiro atoms. The number of carbonyl (C=O) groups excluding carboxylic acids is 2. The van der Waals surface area contributed by atoms with E-state index in [1.807, 2.05) is 0 Å². The summed E-state index contributed by atoms with van der Waals surface area (Å²) in [6.07, 6.45) is -3.94. The Labute approximate surface area is 177 Å². The number of hydrogen-bond donors (Lipinski definition) is 3. The Morgan fingerprint density at radius 3 is 2.61 bits per heavy atom. The lowest BCUT2D eigenvalue weighted by Gasteiger charge is -2.27. The number of alkyl halides is 3. The van der Waals surface area contributed by atoms with Crippen molar-refractivity contribution in [3.05, 3.63) is 53.6 Å². The van der Waals surface area contributed by atoms with E-state index < -0.39 is 17.8 Å². The lowest BCUT2D eigenvalue weighted by Crippen LogP contribution is -2.44. The van der Waals surface area contributed by atoms with Crippen LogP contribution in [0.25, 0.3) is 0 Å². The minimum atomic E-state index is -4.56. The first kappa shape index (κ1) is 22.6. The van der Waals surface area contributed by atoms with Crippen molar-refractivity contribution < 1.29 is 27.5 Å². The lowest BCUT2D eigenvalue weighted by molar-refractivity contribution is -0.137. The zero-order valence-electron chi connectivity index (χ0n) is 16.7. The highest BCUT2D eigenvalue weighted by Crippen LogP contribution is 2.35. The summed E-state index contributed by atoms with van der Waals surface area (Å²) in [5.74, 6) is 0.139. The summed E-state index contributed by atoms with van der Waals surface area (Å²) >= 11 is 0. The molecule has 1 aliphatic rings. The van der Waals surface area contributed by atoms with Gasteiger partial charge in [-0.15, -0.1) is 0 Å². The molecular weight excluding hydrogens is 413 g/mol. The van der Waals surface area contributed by atoms with E-state index in [-0.39, 0.29) is 18.0 Å². The van der Waals surface area contributed by atoms with E-state index in [4.69, 9.17) is 4.74 Å². The van der Waals surface area contributed by atoms with Crippen LogP contribution in [-0.2, 0) is 6.18 Å². The number of piperazine rings is 1. The molecule has 2 amide bonds. The van der Waals surface area contributed by atoms with Gasteiger partial charge in [-0.1, -0.05) is 12.1 Å². The molecule has 1 saturated heterocycles. The van der Waals surface area contributed by atoms with E-state index in [1.54, 1.807) is 18.2 Å². The fourth-order valence-corrected chi connectivity index (χ4v) is 3.12. The van der Waals surface area contributed by atoms with Gasteiger partial charge in [-0.25, -0.2) is 4.79 Å². The van der Waals surface area contributed by atoms with Gasteiger partial charge in [-0.2, -0.15) is 13.2 Å². The topological polar surface area (TPSA) is 82.7 Å². The zero-order chi connectivity index (χ0) is 22.3. The number of urea groups is 1. The second-order valence-corrected chi connectivity index (χ2v) is 6.97. The van der Waals surface area contributed by atoms with Crippen LogP contribution in [0.1, 0.15) is 15.9 Å². The van der Waals surface area contributed by atoms with Crippen molar-refractivity contribution in [3.63, 3.8) is 0 Å². The van der Waals surface area contributed by atoms with Crippen molar-refractivity contribution in [1.82, 2.24) is 10.2 Å². The third-order valence-corrected chi connectivity index (χ3v) is 4.71. The van der Waals surface area contributed by atoms with Crippen LogP contribution in [0.15, 0.2) is 42.5 Å². The fourth-order valence-electron chi connectivity index (χ4n) is 3.12. The number of ether oxygens (including phenoxy) is 1. The van der Waals surface area contributed by atoms with Gasteiger partial charge in [-0.3, -0.25) is 9.69 Å². The van der Waals surface area contributed by atoms with Crippen molar-refractivity contribution in [3.8, 4) is 5.75 Å². The molecular formula is C21H23F3N4O3. The summed E-state index contributed by atoms with van der Waals surface area (Å²) in [7, 11) is 0. The van der Waals surface area contributed by atoms with Crippen LogP contribution >= 0.6 is 0 Å². The van der Waals surface area contributed by atoms with Gasteiger partial charge in [0.2, 0.25) is 0 Å². The first-order valence-corrected chi connectivity index (χ1v) is 9.75. The number of anilines is 2. The standard InChI is InChI=1S/C21H23F3N4O3/c22-21(23,24)16-4-5-19(31-11-10-28-8-6-25-7-9-28)18(13-16)27-20(30)26-17-3-1-2-15(12-17)14-29/h1-5,12-14,25H,6-11H2,(H2,26,27,30). The van der Waals surface area contributed by atoms with Crippen LogP contribution in [0.4, 0.5) is 29.3 Å². The number of nitrogens with one attached hydrogen (secondary N) is 3.